The zero-order valence-corrected chi connectivity index (χ0v) is 6.90. The fourth-order valence-electron chi connectivity index (χ4n) is 2.90. The van der Waals surface area contributed by atoms with Crippen molar-refractivity contribution in [1.82, 2.24) is 0 Å². The molecule has 1 nitrogen and oxygen atoms in total. The number of rotatable bonds is 1. The van der Waals surface area contributed by atoms with Crippen molar-refractivity contribution in [2.24, 2.45) is 16.7 Å². The van der Waals surface area contributed by atoms with E-state index in [1.807, 2.05) is 0 Å². The number of carbonyl (C=O) groups excluding carboxylic acids is 1. The lowest BCUT2D eigenvalue weighted by molar-refractivity contribution is -0.122. The third-order valence-corrected chi connectivity index (χ3v) is 4.25. The molecule has 0 radical (unpaired) electrons. The van der Waals surface area contributed by atoms with E-state index in [0.29, 0.717) is 11.2 Å². The summed E-state index contributed by atoms with van der Waals surface area (Å²) >= 11 is 0. The Morgan fingerprint density at radius 1 is 1.50 bits per heavy atom. The van der Waals surface area contributed by atoms with Gasteiger partial charge in [0, 0.05) is 5.41 Å². The van der Waals surface area contributed by atoms with Gasteiger partial charge >= 0.3 is 0 Å². The maximum atomic E-state index is 11.2. The molecule has 2 rings (SSSR count). The number of ketones is 1. The molecule has 0 amide bonds. The summed E-state index contributed by atoms with van der Waals surface area (Å²) in [5.41, 5.74) is 0.492. The lowest BCUT2D eigenvalue weighted by Crippen LogP contribution is -2.15. The Bertz CT molecular complexity index is 209. The van der Waals surface area contributed by atoms with Crippen LogP contribution in [0.4, 0.5) is 0 Å². The first-order valence-electron chi connectivity index (χ1n) is 4.04. The first-order chi connectivity index (χ1) is 4.53. The van der Waals surface area contributed by atoms with Gasteiger partial charge in [0.15, 0.2) is 0 Å². The van der Waals surface area contributed by atoms with Crippen molar-refractivity contribution in [3.63, 3.8) is 0 Å². The molecule has 0 N–H and O–H groups in total. The first kappa shape index (κ1) is 6.38. The second kappa shape index (κ2) is 1.32. The Balaban J connectivity index is 2.29. The van der Waals surface area contributed by atoms with Gasteiger partial charge in [-0.05, 0) is 31.1 Å². The molecular formula is C9H14O. The Morgan fingerprint density at radius 3 is 2.10 bits per heavy atom. The molecule has 3 atom stereocenters. The average Bonchev–Trinajstić information content (AvgIpc) is 2.11. The van der Waals surface area contributed by atoms with Crippen LogP contribution in [0.15, 0.2) is 0 Å². The molecule has 3 unspecified atom stereocenters. The van der Waals surface area contributed by atoms with Gasteiger partial charge in [0.25, 0.3) is 0 Å². The molecule has 2 aliphatic rings. The minimum atomic E-state index is 0.0764. The molecule has 1 heteroatoms. The summed E-state index contributed by atoms with van der Waals surface area (Å²) in [6.07, 6.45) is 2.56. The highest BCUT2D eigenvalue weighted by molar-refractivity contribution is 5.87. The Labute approximate surface area is 61.8 Å². The highest BCUT2D eigenvalue weighted by atomic mass is 16.1. The predicted molar refractivity (Wildman–Crippen MR) is 39.6 cm³/mol. The molecule has 0 heterocycles. The first-order valence-corrected chi connectivity index (χ1v) is 4.04. The summed E-state index contributed by atoms with van der Waals surface area (Å²) in [6, 6.07) is 0. The standard InChI is InChI=1S/C9H14O/c1-6(10)9(3)7-4-5-8(7,9)2/h7H,4-5H2,1-3H3. The second-order valence-corrected chi connectivity index (χ2v) is 4.27. The van der Waals surface area contributed by atoms with E-state index in [1.165, 1.54) is 12.8 Å². The topological polar surface area (TPSA) is 17.1 Å². The van der Waals surface area contributed by atoms with Gasteiger partial charge in [-0.3, -0.25) is 4.79 Å². The van der Waals surface area contributed by atoms with Crippen molar-refractivity contribution < 1.29 is 4.79 Å². The Morgan fingerprint density at radius 2 is 2.00 bits per heavy atom. The van der Waals surface area contributed by atoms with E-state index in [2.05, 4.69) is 13.8 Å². The molecule has 56 valence electrons. The van der Waals surface area contributed by atoms with Crippen molar-refractivity contribution >= 4 is 5.78 Å². The van der Waals surface area contributed by atoms with Gasteiger partial charge in [0.2, 0.25) is 0 Å². The molecule has 2 fully saturated rings. The molecule has 0 spiro atoms. The molecule has 0 aromatic rings. The van der Waals surface area contributed by atoms with Crippen molar-refractivity contribution in [3.05, 3.63) is 0 Å². The van der Waals surface area contributed by atoms with Gasteiger partial charge in [0.1, 0.15) is 5.78 Å². The fraction of sp³-hybridized carbons (Fsp3) is 0.889. The molecule has 2 aliphatic carbocycles. The Kier molecular flexibility index (Phi) is 0.842. The molecule has 0 aliphatic heterocycles. The SMILES string of the molecule is CC(=O)C1(C)C2CCC21C. The zero-order valence-electron chi connectivity index (χ0n) is 6.90. The van der Waals surface area contributed by atoms with Crippen LogP contribution >= 0.6 is 0 Å². The van der Waals surface area contributed by atoms with Crippen LogP contribution in [0.5, 0.6) is 0 Å². The quantitative estimate of drug-likeness (QED) is 0.541. The van der Waals surface area contributed by atoms with Crippen molar-refractivity contribution in [3.8, 4) is 0 Å². The van der Waals surface area contributed by atoms with E-state index in [9.17, 15) is 4.79 Å². The molecule has 2 saturated carbocycles. The van der Waals surface area contributed by atoms with Gasteiger partial charge < -0.3 is 0 Å². The molecular weight excluding hydrogens is 124 g/mol. The lowest BCUT2D eigenvalue weighted by atomic mass is 9.85. The number of carbonyl (C=O) groups is 1. The van der Waals surface area contributed by atoms with E-state index in [1.54, 1.807) is 6.92 Å². The summed E-state index contributed by atoms with van der Waals surface area (Å²) in [4.78, 5) is 11.2. The van der Waals surface area contributed by atoms with Crippen LogP contribution in [0.1, 0.15) is 33.6 Å². The predicted octanol–water partition coefficient (Wildman–Crippen LogP) is 2.01. The van der Waals surface area contributed by atoms with Crippen molar-refractivity contribution in [2.75, 3.05) is 0 Å². The lowest BCUT2D eigenvalue weighted by Gasteiger charge is -2.19. The van der Waals surface area contributed by atoms with E-state index in [-0.39, 0.29) is 5.41 Å². The van der Waals surface area contributed by atoms with Crippen molar-refractivity contribution in [1.29, 1.82) is 0 Å². The van der Waals surface area contributed by atoms with Crippen LogP contribution in [0.2, 0.25) is 0 Å². The molecule has 0 aromatic carbocycles. The number of hydrogen-bond donors (Lipinski definition) is 0. The minimum Gasteiger partial charge on any atom is -0.299 e. The van der Waals surface area contributed by atoms with E-state index < -0.39 is 0 Å². The maximum Gasteiger partial charge on any atom is 0.136 e. The third kappa shape index (κ3) is 0.363. The molecule has 10 heavy (non-hydrogen) atoms. The van der Waals surface area contributed by atoms with Gasteiger partial charge in [-0.1, -0.05) is 13.8 Å². The van der Waals surface area contributed by atoms with Gasteiger partial charge in [-0.25, -0.2) is 0 Å². The average molecular weight is 138 g/mol. The van der Waals surface area contributed by atoms with E-state index in [4.69, 9.17) is 0 Å². The number of hydrogen-bond acceptors (Lipinski definition) is 1. The van der Waals surface area contributed by atoms with Crippen LogP contribution < -0.4 is 0 Å². The van der Waals surface area contributed by atoms with Gasteiger partial charge in [-0.15, -0.1) is 0 Å². The monoisotopic (exact) mass is 138 g/mol. The van der Waals surface area contributed by atoms with Crippen LogP contribution in [0.25, 0.3) is 0 Å². The normalized spacial score (nSPS) is 56.9. The summed E-state index contributed by atoms with van der Waals surface area (Å²) in [7, 11) is 0. The highest BCUT2D eigenvalue weighted by Crippen LogP contribution is 2.80. The van der Waals surface area contributed by atoms with Crippen molar-refractivity contribution in [2.45, 2.75) is 33.6 Å². The van der Waals surface area contributed by atoms with E-state index >= 15 is 0 Å². The minimum absolute atomic E-state index is 0.0764. The maximum absolute atomic E-state index is 11.2. The van der Waals surface area contributed by atoms with Gasteiger partial charge in [0.05, 0.1) is 0 Å². The zero-order chi connectivity index (χ0) is 7.57. The highest BCUT2D eigenvalue weighted by Gasteiger charge is 2.77. The summed E-state index contributed by atoms with van der Waals surface area (Å²) in [5, 5.41) is 0. The molecule has 0 aromatic heterocycles. The molecule has 0 saturated heterocycles. The van der Waals surface area contributed by atoms with E-state index in [0.717, 1.165) is 5.92 Å². The second-order valence-electron chi connectivity index (χ2n) is 4.27. The summed E-state index contributed by atoms with van der Waals surface area (Å²) < 4.78 is 0. The van der Waals surface area contributed by atoms with Crippen LogP contribution in [-0.4, -0.2) is 5.78 Å². The largest absolute Gasteiger partial charge is 0.299 e. The smallest absolute Gasteiger partial charge is 0.136 e. The van der Waals surface area contributed by atoms with Gasteiger partial charge in [-0.2, -0.15) is 0 Å². The van der Waals surface area contributed by atoms with Crippen LogP contribution in [-0.2, 0) is 4.79 Å². The fourth-order valence-corrected chi connectivity index (χ4v) is 2.90. The summed E-state index contributed by atoms with van der Waals surface area (Å²) in [5.74, 6) is 1.13. The third-order valence-electron chi connectivity index (χ3n) is 4.25. The Hall–Kier alpha value is -0.330. The number of Topliss-reactive ketones (excluding diaryl/α,β-unsaturated/α-hetero) is 1. The molecule has 0 bridgehead atoms. The van der Waals surface area contributed by atoms with Crippen LogP contribution in [0, 0.1) is 16.7 Å². The number of fused-ring (bicyclic) bond motifs is 1. The summed E-state index contributed by atoms with van der Waals surface area (Å²) in [6.45, 7) is 6.12. The van der Waals surface area contributed by atoms with Crippen LogP contribution in [0.3, 0.4) is 0 Å².